The van der Waals surface area contributed by atoms with E-state index in [9.17, 15) is 9.59 Å². The molecule has 3 amide bonds. The molecule has 1 saturated heterocycles. The van der Waals surface area contributed by atoms with Crippen LogP contribution >= 0.6 is 0 Å². The van der Waals surface area contributed by atoms with Crippen molar-refractivity contribution in [2.24, 2.45) is 0 Å². The molecule has 1 heterocycles. The number of para-hydroxylation sites is 2. The van der Waals surface area contributed by atoms with Gasteiger partial charge in [-0.3, -0.25) is 10.1 Å². The summed E-state index contributed by atoms with van der Waals surface area (Å²) in [4.78, 5) is 25.4. The number of hydrogen-bond donors (Lipinski definition) is 3. The molecule has 0 aromatic heterocycles. The molecule has 1 aromatic carbocycles. The second kappa shape index (κ2) is 8.26. The fourth-order valence-corrected chi connectivity index (χ4v) is 2.58. The van der Waals surface area contributed by atoms with Gasteiger partial charge in [-0.05, 0) is 38.3 Å². The predicted molar refractivity (Wildman–Crippen MR) is 88.2 cm³/mol. The molecule has 6 heteroatoms. The van der Waals surface area contributed by atoms with Gasteiger partial charge in [0.1, 0.15) is 0 Å². The van der Waals surface area contributed by atoms with Crippen molar-refractivity contribution in [3.05, 3.63) is 24.3 Å². The molecule has 0 aliphatic carbocycles. The molecule has 0 radical (unpaired) electrons. The van der Waals surface area contributed by atoms with Crippen molar-refractivity contribution < 1.29 is 9.59 Å². The highest BCUT2D eigenvalue weighted by Crippen LogP contribution is 2.27. The lowest BCUT2D eigenvalue weighted by Gasteiger charge is -2.30. The lowest BCUT2D eigenvalue weighted by Crippen LogP contribution is -2.42. The lowest BCUT2D eigenvalue weighted by atomic mass is 10.1. The van der Waals surface area contributed by atoms with E-state index in [2.05, 4.69) is 26.9 Å². The Morgan fingerprint density at radius 2 is 1.86 bits per heavy atom. The molecule has 0 saturated carbocycles. The third-order valence-electron chi connectivity index (χ3n) is 3.63. The molecule has 0 unspecified atom stereocenters. The highest BCUT2D eigenvalue weighted by Gasteiger charge is 2.14. The van der Waals surface area contributed by atoms with E-state index in [1.165, 1.54) is 19.3 Å². The van der Waals surface area contributed by atoms with Crippen LogP contribution in [0, 0.1) is 0 Å². The zero-order valence-corrected chi connectivity index (χ0v) is 13.0. The van der Waals surface area contributed by atoms with E-state index in [4.69, 9.17) is 0 Å². The first kappa shape index (κ1) is 16.1. The third kappa shape index (κ3) is 4.65. The summed E-state index contributed by atoms with van der Waals surface area (Å²) in [5, 5.41) is 7.94. The van der Waals surface area contributed by atoms with Gasteiger partial charge in [-0.2, -0.15) is 0 Å². The molecule has 6 nitrogen and oxygen atoms in total. The minimum absolute atomic E-state index is 0.0714. The molecule has 0 bridgehead atoms. The van der Waals surface area contributed by atoms with Gasteiger partial charge in [0.05, 0.1) is 17.9 Å². The van der Waals surface area contributed by atoms with Crippen molar-refractivity contribution in [3.8, 4) is 0 Å². The van der Waals surface area contributed by atoms with Crippen molar-refractivity contribution >= 4 is 23.3 Å². The summed E-state index contributed by atoms with van der Waals surface area (Å²) in [6.07, 6.45) is 3.68. The maximum absolute atomic E-state index is 11.7. The van der Waals surface area contributed by atoms with Crippen LogP contribution < -0.4 is 20.9 Å². The minimum Gasteiger partial charge on any atom is -0.374 e. The Hall–Kier alpha value is -2.24. The van der Waals surface area contributed by atoms with Crippen LogP contribution in [-0.4, -0.2) is 38.1 Å². The number of urea groups is 1. The number of hydrogen-bond acceptors (Lipinski definition) is 4. The number of carbonyl (C=O) groups is 2. The van der Waals surface area contributed by atoms with Gasteiger partial charge in [0.15, 0.2) is 0 Å². The van der Waals surface area contributed by atoms with Crippen molar-refractivity contribution in [3.63, 3.8) is 0 Å². The van der Waals surface area contributed by atoms with Crippen LogP contribution in [0.3, 0.4) is 0 Å². The first-order valence-corrected chi connectivity index (χ1v) is 7.86. The Balaban J connectivity index is 1.92. The summed E-state index contributed by atoms with van der Waals surface area (Å²) in [5.74, 6) is -0.348. The number of anilines is 2. The van der Waals surface area contributed by atoms with Gasteiger partial charge in [0.2, 0.25) is 5.91 Å². The van der Waals surface area contributed by atoms with Crippen molar-refractivity contribution in [1.29, 1.82) is 0 Å². The zero-order valence-electron chi connectivity index (χ0n) is 13.0. The second-order valence-electron chi connectivity index (χ2n) is 5.33. The predicted octanol–water partition coefficient (Wildman–Crippen LogP) is 1.93. The molecule has 2 rings (SSSR count). The minimum atomic E-state index is -0.460. The Morgan fingerprint density at radius 3 is 2.59 bits per heavy atom. The molecule has 1 aliphatic rings. The van der Waals surface area contributed by atoms with Gasteiger partial charge in [-0.25, -0.2) is 4.79 Å². The number of carbonyl (C=O) groups excluding carboxylic acids is 2. The fraction of sp³-hybridized carbons (Fsp3) is 0.500. The molecule has 3 N–H and O–H groups in total. The number of rotatable bonds is 5. The van der Waals surface area contributed by atoms with Crippen LogP contribution in [0.15, 0.2) is 24.3 Å². The molecule has 22 heavy (non-hydrogen) atoms. The first-order chi connectivity index (χ1) is 10.7. The zero-order chi connectivity index (χ0) is 15.8. The summed E-state index contributed by atoms with van der Waals surface area (Å²) in [6.45, 7) is 4.46. The average molecular weight is 304 g/mol. The number of nitrogens with zero attached hydrogens (tertiary/aromatic N) is 1. The molecular formula is C16H24N4O2. The summed E-state index contributed by atoms with van der Waals surface area (Å²) in [6, 6.07) is 7.51. The van der Waals surface area contributed by atoms with E-state index < -0.39 is 6.03 Å². The normalized spacial score (nSPS) is 14.3. The highest BCUT2D eigenvalue weighted by molar-refractivity contribution is 5.96. The Bertz CT molecular complexity index is 513. The van der Waals surface area contributed by atoms with Gasteiger partial charge >= 0.3 is 6.03 Å². The first-order valence-electron chi connectivity index (χ1n) is 7.86. The molecule has 1 aliphatic heterocycles. The Labute approximate surface area is 131 Å². The maximum Gasteiger partial charge on any atom is 0.321 e. The summed E-state index contributed by atoms with van der Waals surface area (Å²) >= 11 is 0. The number of nitrogens with one attached hydrogen (secondary N) is 3. The fourth-order valence-electron chi connectivity index (χ4n) is 2.58. The lowest BCUT2D eigenvalue weighted by molar-refractivity contribution is -0.118. The summed E-state index contributed by atoms with van der Waals surface area (Å²) in [7, 11) is 0. The van der Waals surface area contributed by atoms with Gasteiger partial charge in [-0.15, -0.1) is 0 Å². The molecular weight excluding hydrogens is 280 g/mol. The topological polar surface area (TPSA) is 73.5 Å². The standard InChI is InChI=1S/C16H24N4O2/c1-2-17-16(22)19-15(21)12-18-13-8-4-5-9-14(13)20-10-6-3-7-11-20/h4-5,8-9,18H,2-3,6-7,10-12H2,1H3,(H2,17,19,21,22). The van der Waals surface area contributed by atoms with E-state index in [0.29, 0.717) is 6.54 Å². The van der Waals surface area contributed by atoms with Crippen LogP contribution in [0.2, 0.25) is 0 Å². The Kier molecular flexibility index (Phi) is 6.06. The van der Waals surface area contributed by atoms with E-state index in [1.54, 1.807) is 6.92 Å². The smallest absolute Gasteiger partial charge is 0.321 e. The molecule has 1 aromatic rings. The monoisotopic (exact) mass is 304 g/mol. The maximum atomic E-state index is 11.7. The molecule has 0 atom stereocenters. The van der Waals surface area contributed by atoms with Crippen molar-refractivity contribution in [1.82, 2.24) is 10.6 Å². The van der Waals surface area contributed by atoms with Crippen molar-refractivity contribution in [2.75, 3.05) is 36.4 Å². The number of amides is 3. The SMILES string of the molecule is CCNC(=O)NC(=O)CNc1ccccc1N1CCCCC1. The van der Waals surface area contributed by atoms with E-state index in [0.717, 1.165) is 24.5 Å². The largest absolute Gasteiger partial charge is 0.374 e. The van der Waals surface area contributed by atoms with Crippen LogP contribution in [0.1, 0.15) is 26.2 Å². The van der Waals surface area contributed by atoms with E-state index in [1.807, 2.05) is 18.2 Å². The van der Waals surface area contributed by atoms with Gasteiger partial charge in [-0.1, -0.05) is 12.1 Å². The van der Waals surface area contributed by atoms with Crippen molar-refractivity contribution in [2.45, 2.75) is 26.2 Å². The molecule has 120 valence electrons. The van der Waals surface area contributed by atoms with E-state index >= 15 is 0 Å². The third-order valence-corrected chi connectivity index (χ3v) is 3.63. The number of benzene rings is 1. The second-order valence-corrected chi connectivity index (χ2v) is 5.33. The highest BCUT2D eigenvalue weighted by atomic mass is 16.2. The average Bonchev–Trinajstić information content (AvgIpc) is 2.54. The van der Waals surface area contributed by atoms with Crippen LogP contribution in [0.4, 0.5) is 16.2 Å². The Morgan fingerprint density at radius 1 is 1.14 bits per heavy atom. The van der Waals surface area contributed by atoms with Gasteiger partial charge in [0, 0.05) is 19.6 Å². The van der Waals surface area contributed by atoms with Crippen LogP contribution in [-0.2, 0) is 4.79 Å². The molecule has 0 spiro atoms. The van der Waals surface area contributed by atoms with Gasteiger partial charge < -0.3 is 15.5 Å². The van der Waals surface area contributed by atoms with Crippen LogP contribution in [0.5, 0.6) is 0 Å². The molecule has 1 fully saturated rings. The quantitative estimate of drug-likeness (QED) is 0.777. The van der Waals surface area contributed by atoms with Gasteiger partial charge in [0.25, 0.3) is 0 Å². The van der Waals surface area contributed by atoms with E-state index in [-0.39, 0.29) is 12.5 Å². The van der Waals surface area contributed by atoms with Crippen LogP contribution in [0.25, 0.3) is 0 Å². The summed E-state index contributed by atoms with van der Waals surface area (Å²) in [5.41, 5.74) is 2.04. The summed E-state index contributed by atoms with van der Waals surface area (Å²) < 4.78 is 0. The number of imide groups is 1. The number of piperidine rings is 1.